The molecule has 0 bridgehead atoms. The minimum Gasteiger partial charge on any atom is -0.330 e. The highest BCUT2D eigenvalue weighted by Crippen LogP contribution is 2.22. The molecule has 0 aromatic heterocycles. The fraction of sp³-hybridized carbons (Fsp3) is 1.00. The lowest BCUT2D eigenvalue weighted by Crippen LogP contribution is -2.48. The molecule has 6 heteroatoms. The van der Waals surface area contributed by atoms with Gasteiger partial charge in [0.25, 0.3) is 0 Å². The molecule has 1 aliphatic rings. The number of rotatable bonds is 8. The van der Waals surface area contributed by atoms with Gasteiger partial charge < -0.3 is 5.73 Å². The van der Waals surface area contributed by atoms with Gasteiger partial charge in [-0.1, -0.05) is 13.8 Å². The molecule has 2 unspecified atom stereocenters. The van der Waals surface area contributed by atoms with Crippen molar-refractivity contribution in [1.29, 1.82) is 0 Å². The molecule has 4 nitrogen and oxygen atoms in total. The van der Waals surface area contributed by atoms with Gasteiger partial charge >= 0.3 is 0 Å². The Kier molecular flexibility index (Phi) is 7.72. The van der Waals surface area contributed by atoms with Crippen LogP contribution < -0.4 is 5.73 Å². The molecular weight excluding hydrogens is 280 g/mol. The first kappa shape index (κ1) is 17.3. The second-order valence-corrected chi connectivity index (χ2v) is 8.94. The van der Waals surface area contributed by atoms with Crippen molar-refractivity contribution in [2.24, 2.45) is 11.7 Å². The van der Waals surface area contributed by atoms with Crippen LogP contribution in [0.25, 0.3) is 0 Å². The average Bonchev–Trinajstić information content (AvgIpc) is 2.39. The zero-order valence-electron chi connectivity index (χ0n) is 12.2. The smallest absolute Gasteiger partial charge is 0.166 e. The van der Waals surface area contributed by atoms with Crippen LogP contribution in [0.3, 0.4) is 0 Å². The van der Waals surface area contributed by atoms with E-state index < -0.39 is 9.84 Å². The molecule has 0 spiro atoms. The van der Waals surface area contributed by atoms with Gasteiger partial charge in [-0.05, 0) is 38.3 Å². The second kappa shape index (κ2) is 8.49. The molecule has 114 valence electrons. The van der Waals surface area contributed by atoms with E-state index in [1.165, 1.54) is 0 Å². The van der Waals surface area contributed by atoms with Crippen LogP contribution in [0, 0.1) is 5.92 Å². The summed E-state index contributed by atoms with van der Waals surface area (Å²) in [5.41, 5.74) is 5.55. The summed E-state index contributed by atoms with van der Waals surface area (Å²) < 4.78 is 24.2. The molecule has 1 aliphatic heterocycles. The van der Waals surface area contributed by atoms with Crippen molar-refractivity contribution < 1.29 is 8.42 Å². The van der Waals surface area contributed by atoms with Crippen LogP contribution in [0.1, 0.15) is 33.1 Å². The van der Waals surface area contributed by atoms with Gasteiger partial charge in [-0.15, -0.1) is 0 Å². The highest BCUT2D eigenvalue weighted by atomic mass is 32.2. The third-order valence-electron chi connectivity index (χ3n) is 3.81. The molecule has 0 radical (unpaired) electrons. The van der Waals surface area contributed by atoms with Crippen molar-refractivity contribution in [2.75, 3.05) is 36.9 Å². The summed E-state index contributed by atoms with van der Waals surface area (Å²) in [4.78, 5) is 2.17. The van der Waals surface area contributed by atoms with E-state index in [1.807, 2.05) is 0 Å². The minimum atomic E-state index is -2.95. The summed E-state index contributed by atoms with van der Waals surface area (Å²) in [6.45, 7) is 6.52. The van der Waals surface area contributed by atoms with E-state index in [-0.39, 0.29) is 11.1 Å². The van der Waals surface area contributed by atoms with E-state index in [0.717, 1.165) is 50.4 Å². The van der Waals surface area contributed by atoms with Gasteiger partial charge in [-0.25, -0.2) is 8.42 Å². The third-order valence-corrected chi connectivity index (χ3v) is 7.14. The summed E-state index contributed by atoms with van der Waals surface area (Å²) >= 11 is 1.76. The average molecular weight is 309 g/mol. The number of sulfone groups is 1. The lowest BCUT2D eigenvalue weighted by Gasteiger charge is -2.34. The Balaban J connectivity index is 2.45. The van der Waals surface area contributed by atoms with Crippen LogP contribution in [0.15, 0.2) is 0 Å². The van der Waals surface area contributed by atoms with Crippen molar-refractivity contribution in [3.8, 4) is 0 Å². The van der Waals surface area contributed by atoms with E-state index >= 15 is 0 Å². The lowest BCUT2D eigenvalue weighted by molar-refractivity contribution is 0.257. The molecule has 0 amide bonds. The van der Waals surface area contributed by atoms with Crippen LogP contribution in [0.5, 0.6) is 0 Å². The first-order chi connectivity index (χ1) is 9.01. The van der Waals surface area contributed by atoms with Gasteiger partial charge in [0.05, 0.1) is 0 Å². The lowest BCUT2D eigenvalue weighted by atomic mass is 10.0. The maximum Gasteiger partial charge on any atom is 0.166 e. The summed E-state index contributed by atoms with van der Waals surface area (Å²) in [6, 6.07) is 0. The number of hydrogen-bond acceptors (Lipinski definition) is 5. The normalized spacial score (nSPS) is 23.4. The van der Waals surface area contributed by atoms with Crippen LogP contribution in [0.4, 0.5) is 0 Å². The Labute approximate surface area is 122 Å². The summed E-state index contributed by atoms with van der Waals surface area (Å²) in [6.07, 6.45) is 3.27. The topological polar surface area (TPSA) is 63.4 Å². The molecule has 1 heterocycles. The monoisotopic (exact) mass is 308 g/mol. The Hall–Kier alpha value is 0.220. The van der Waals surface area contributed by atoms with Gasteiger partial charge in [0.15, 0.2) is 9.84 Å². The van der Waals surface area contributed by atoms with Crippen molar-refractivity contribution in [3.05, 3.63) is 0 Å². The molecule has 1 rings (SSSR count). The predicted molar refractivity (Wildman–Crippen MR) is 84.2 cm³/mol. The van der Waals surface area contributed by atoms with Gasteiger partial charge in [-0.2, -0.15) is 11.8 Å². The zero-order chi connectivity index (χ0) is 14.3. The van der Waals surface area contributed by atoms with Crippen LogP contribution in [-0.2, 0) is 9.84 Å². The Bertz CT molecular complexity index is 347. The van der Waals surface area contributed by atoms with Crippen LogP contribution in [-0.4, -0.2) is 55.6 Å². The largest absolute Gasteiger partial charge is 0.330 e. The SMILES string of the molecule is CCS(=O)(=O)C1CSCCN1CCCC(C)CCN. The fourth-order valence-corrected chi connectivity index (χ4v) is 5.58. The molecule has 0 saturated carbocycles. The van der Waals surface area contributed by atoms with Crippen molar-refractivity contribution >= 4 is 21.6 Å². The first-order valence-electron chi connectivity index (χ1n) is 7.24. The van der Waals surface area contributed by atoms with E-state index in [0.29, 0.717) is 5.92 Å². The third kappa shape index (κ3) is 5.61. The molecule has 1 fully saturated rings. The number of nitrogens with two attached hydrogens (primary N) is 1. The van der Waals surface area contributed by atoms with E-state index in [4.69, 9.17) is 5.73 Å². The molecular formula is C13H28N2O2S2. The van der Waals surface area contributed by atoms with Crippen LogP contribution in [0.2, 0.25) is 0 Å². The molecule has 19 heavy (non-hydrogen) atoms. The van der Waals surface area contributed by atoms with Crippen molar-refractivity contribution in [1.82, 2.24) is 4.90 Å². The second-order valence-electron chi connectivity index (χ2n) is 5.34. The predicted octanol–water partition coefficient (Wildman–Crippen LogP) is 1.56. The number of nitrogens with zero attached hydrogens (tertiary/aromatic N) is 1. The zero-order valence-corrected chi connectivity index (χ0v) is 13.8. The number of hydrogen-bond donors (Lipinski definition) is 1. The van der Waals surface area contributed by atoms with Gasteiger partial charge in [0, 0.05) is 23.8 Å². The van der Waals surface area contributed by atoms with Crippen molar-refractivity contribution in [2.45, 2.75) is 38.5 Å². The maximum atomic E-state index is 12.1. The highest BCUT2D eigenvalue weighted by molar-refractivity contribution is 8.01. The Morgan fingerprint density at radius 1 is 1.42 bits per heavy atom. The summed E-state index contributed by atoms with van der Waals surface area (Å²) in [5.74, 6) is 2.67. The molecule has 2 atom stereocenters. The molecule has 0 aromatic carbocycles. The standard InChI is InChI=1S/C13H28N2O2S2/c1-3-19(16,17)13-11-18-10-9-15(13)8-4-5-12(2)6-7-14/h12-13H,3-11,14H2,1-2H3. The fourth-order valence-electron chi connectivity index (χ4n) is 2.47. The van der Waals surface area contributed by atoms with Gasteiger partial charge in [0.2, 0.25) is 0 Å². The van der Waals surface area contributed by atoms with Crippen molar-refractivity contribution in [3.63, 3.8) is 0 Å². The van der Waals surface area contributed by atoms with Gasteiger partial charge in [0.1, 0.15) is 5.37 Å². The molecule has 2 N–H and O–H groups in total. The van der Waals surface area contributed by atoms with E-state index in [1.54, 1.807) is 18.7 Å². The number of thioether (sulfide) groups is 1. The van der Waals surface area contributed by atoms with Gasteiger partial charge in [-0.3, -0.25) is 4.90 Å². The van der Waals surface area contributed by atoms with Crippen LogP contribution >= 0.6 is 11.8 Å². The highest BCUT2D eigenvalue weighted by Gasteiger charge is 2.32. The molecule has 0 aromatic rings. The summed E-state index contributed by atoms with van der Waals surface area (Å²) in [5, 5.41) is -0.263. The van der Waals surface area contributed by atoms with E-state index in [2.05, 4.69) is 11.8 Å². The molecule has 1 saturated heterocycles. The molecule has 0 aliphatic carbocycles. The minimum absolute atomic E-state index is 0.248. The first-order valence-corrected chi connectivity index (χ1v) is 10.1. The summed E-state index contributed by atoms with van der Waals surface area (Å²) in [7, 11) is -2.95. The Morgan fingerprint density at radius 3 is 2.79 bits per heavy atom. The maximum absolute atomic E-state index is 12.1. The quantitative estimate of drug-likeness (QED) is 0.737. The van der Waals surface area contributed by atoms with E-state index in [9.17, 15) is 8.42 Å². The Morgan fingerprint density at radius 2 is 2.16 bits per heavy atom.